The molecular formula is C18H26N2O. The molecule has 0 bridgehead atoms. The van der Waals surface area contributed by atoms with Gasteiger partial charge in [-0.1, -0.05) is 38.8 Å². The minimum absolute atomic E-state index is 0.0397. The second-order valence-corrected chi connectivity index (χ2v) is 7.06. The quantitative estimate of drug-likeness (QED) is 0.928. The van der Waals surface area contributed by atoms with E-state index in [0.717, 1.165) is 37.1 Å². The number of benzene rings is 1. The first-order valence-corrected chi connectivity index (χ1v) is 8.13. The molecule has 1 unspecified atom stereocenters. The molecule has 1 atom stereocenters. The van der Waals surface area contributed by atoms with Crippen molar-refractivity contribution in [3.05, 3.63) is 30.1 Å². The molecule has 1 aromatic carbocycles. The lowest BCUT2D eigenvalue weighted by Crippen LogP contribution is -2.49. The second-order valence-electron chi connectivity index (χ2n) is 7.06. The molecule has 3 heteroatoms. The van der Waals surface area contributed by atoms with Crippen molar-refractivity contribution < 1.29 is 5.11 Å². The average molecular weight is 286 g/mol. The molecule has 0 spiro atoms. The van der Waals surface area contributed by atoms with Crippen LogP contribution in [0.5, 0.6) is 0 Å². The van der Waals surface area contributed by atoms with Crippen LogP contribution in [0.4, 0.5) is 0 Å². The highest BCUT2D eigenvalue weighted by Crippen LogP contribution is 2.45. The van der Waals surface area contributed by atoms with E-state index in [1.807, 2.05) is 6.07 Å². The molecule has 2 aromatic rings. The van der Waals surface area contributed by atoms with Crippen LogP contribution in [0.15, 0.2) is 24.3 Å². The maximum atomic E-state index is 11.2. The van der Waals surface area contributed by atoms with E-state index >= 15 is 0 Å². The molecule has 0 amide bonds. The van der Waals surface area contributed by atoms with E-state index in [1.165, 1.54) is 11.9 Å². The SMILES string of the molecule is CCn1c(CC2(O)CCCCC2(C)C)nc2ccccc21. The molecule has 1 N–H and O–H groups in total. The summed E-state index contributed by atoms with van der Waals surface area (Å²) in [4.78, 5) is 4.79. The third-order valence-corrected chi connectivity index (χ3v) is 5.40. The molecule has 1 heterocycles. The number of aromatic nitrogens is 2. The molecule has 21 heavy (non-hydrogen) atoms. The van der Waals surface area contributed by atoms with E-state index in [-0.39, 0.29) is 5.41 Å². The number of hydrogen-bond donors (Lipinski definition) is 1. The topological polar surface area (TPSA) is 38.0 Å². The standard InChI is InChI=1S/C18H26N2O/c1-4-20-15-10-6-5-9-14(15)19-16(20)13-18(21)12-8-7-11-17(18,2)3/h5-6,9-10,21H,4,7-8,11-13H2,1-3H3. The van der Waals surface area contributed by atoms with Crippen LogP contribution in [0, 0.1) is 5.41 Å². The number of fused-ring (bicyclic) bond motifs is 1. The normalized spacial score (nSPS) is 25.3. The summed E-state index contributed by atoms with van der Waals surface area (Å²) in [6, 6.07) is 8.25. The minimum atomic E-state index is -0.639. The fourth-order valence-corrected chi connectivity index (χ4v) is 3.76. The molecule has 3 rings (SSSR count). The molecule has 1 saturated carbocycles. The molecule has 0 aliphatic heterocycles. The summed E-state index contributed by atoms with van der Waals surface area (Å²) in [5, 5.41) is 11.2. The highest BCUT2D eigenvalue weighted by Gasteiger charge is 2.45. The van der Waals surface area contributed by atoms with E-state index < -0.39 is 5.60 Å². The third-order valence-electron chi connectivity index (χ3n) is 5.40. The summed E-state index contributed by atoms with van der Waals surface area (Å²) >= 11 is 0. The Bertz CT molecular complexity index is 644. The van der Waals surface area contributed by atoms with Crippen molar-refractivity contribution in [1.82, 2.24) is 9.55 Å². The summed E-state index contributed by atoms with van der Waals surface area (Å²) in [5.41, 5.74) is 1.53. The highest BCUT2D eigenvalue weighted by atomic mass is 16.3. The van der Waals surface area contributed by atoms with Gasteiger partial charge in [0.1, 0.15) is 5.82 Å². The predicted molar refractivity (Wildman–Crippen MR) is 86.3 cm³/mol. The van der Waals surface area contributed by atoms with Crippen molar-refractivity contribution >= 4 is 11.0 Å². The third kappa shape index (κ3) is 2.38. The van der Waals surface area contributed by atoms with Gasteiger partial charge < -0.3 is 9.67 Å². The lowest BCUT2D eigenvalue weighted by atomic mass is 9.64. The van der Waals surface area contributed by atoms with Crippen LogP contribution in [0.3, 0.4) is 0 Å². The number of para-hydroxylation sites is 2. The van der Waals surface area contributed by atoms with Crippen LogP contribution in [0.25, 0.3) is 11.0 Å². The molecule has 3 nitrogen and oxygen atoms in total. The van der Waals surface area contributed by atoms with Crippen molar-refractivity contribution in [2.45, 2.75) is 65.0 Å². The summed E-state index contributed by atoms with van der Waals surface area (Å²) in [5.74, 6) is 1.02. The van der Waals surface area contributed by atoms with Gasteiger partial charge >= 0.3 is 0 Å². The van der Waals surface area contributed by atoms with Crippen molar-refractivity contribution in [2.75, 3.05) is 0 Å². The fraction of sp³-hybridized carbons (Fsp3) is 0.611. The van der Waals surface area contributed by atoms with E-state index in [1.54, 1.807) is 0 Å². The van der Waals surface area contributed by atoms with Crippen LogP contribution >= 0.6 is 0 Å². The Kier molecular flexibility index (Phi) is 3.56. The lowest BCUT2D eigenvalue weighted by molar-refractivity contribution is -0.0973. The summed E-state index contributed by atoms with van der Waals surface area (Å²) in [6.07, 6.45) is 4.97. The number of imidazole rings is 1. The van der Waals surface area contributed by atoms with Crippen molar-refractivity contribution in [1.29, 1.82) is 0 Å². The predicted octanol–water partition coefficient (Wildman–Crippen LogP) is 3.93. The summed E-state index contributed by atoms with van der Waals surface area (Å²) in [6.45, 7) is 7.44. The lowest BCUT2D eigenvalue weighted by Gasteiger charge is -2.46. The number of rotatable bonds is 3. The van der Waals surface area contributed by atoms with Crippen LogP contribution in [0.1, 0.15) is 52.3 Å². The largest absolute Gasteiger partial charge is 0.389 e. The molecule has 1 aliphatic rings. The van der Waals surface area contributed by atoms with Gasteiger partial charge in [0.25, 0.3) is 0 Å². The zero-order valence-electron chi connectivity index (χ0n) is 13.4. The van der Waals surface area contributed by atoms with Gasteiger partial charge in [-0.05, 0) is 37.3 Å². The molecule has 1 aliphatic carbocycles. The second kappa shape index (κ2) is 5.13. The zero-order valence-corrected chi connectivity index (χ0v) is 13.4. The fourth-order valence-electron chi connectivity index (χ4n) is 3.76. The molecule has 0 radical (unpaired) electrons. The van der Waals surface area contributed by atoms with E-state index in [2.05, 4.69) is 43.5 Å². The first-order chi connectivity index (χ1) is 9.97. The Balaban J connectivity index is 2.01. The number of aliphatic hydroxyl groups is 1. The van der Waals surface area contributed by atoms with Crippen LogP contribution < -0.4 is 0 Å². The monoisotopic (exact) mass is 286 g/mol. The Morgan fingerprint density at radius 1 is 1.19 bits per heavy atom. The Morgan fingerprint density at radius 3 is 2.62 bits per heavy atom. The molecule has 0 saturated heterocycles. The maximum Gasteiger partial charge on any atom is 0.112 e. The maximum absolute atomic E-state index is 11.2. The first-order valence-electron chi connectivity index (χ1n) is 8.13. The van der Waals surface area contributed by atoms with Gasteiger partial charge in [0, 0.05) is 13.0 Å². The van der Waals surface area contributed by atoms with Gasteiger partial charge in [-0.15, -0.1) is 0 Å². The Morgan fingerprint density at radius 2 is 1.90 bits per heavy atom. The summed E-state index contributed by atoms with van der Waals surface area (Å²) < 4.78 is 2.25. The van der Waals surface area contributed by atoms with E-state index in [0.29, 0.717) is 6.42 Å². The Hall–Kier alpha value is -1.35. The Labute approximate surface area is 127 Å². The molecule has 1 aromatic heterocycles. The van der Waals surface area contributed by atoms with E-state index in [9.17, 15) is 5.11 Å². The zero-order chi connectivity index (χ0) is 15.1. The van der Waals surface area contributed by atoms with E-state index in [4.69, 9.17) is 4.98 Å². The minimum Gasteiger partial charge on any atom is -0.389 e. The number of hydrogen-bond acceptors (Lipinski definition) is 2. The molecule has 1 fully saturated rings. The summed E-state index contributed by atoms with van der Waals surface area (Å²) in [7, 11) is 0. The van der Waals surface area contributed by atoms with Crippen molar-refractivity contribution in [3.63, 3.8) is 0 Å². The van der Waals surface area contributed by atoms with Gasteiger partial charge in [-0.25, -0.2) is 4.98 Å². The van der Waals surface area contributed by atoms with Crippen LogP contribution in [0.2, 0.25) is 0 Å². The smallest absolute Gasteiger partial charge is 0.112 e. The van der Waals surface area contributed by atoms with Crippen LogP contribution in [-0.2, 0) is 13.0 Å². The van der Waals surface area contributed by atoms with Gasteiger partial charge in [0.15, 0.2) is 0 Å². The highest BCUT2D eigenvalue weighted by molar-refractivity contribution is 5.75. The first kappa shape index (κ1) is 14.6. The van der Waals surface area contributed by atoms with Crippen LogP contribution in [-0.4, -0.2) is 20.3 Å². The molecular weight excluding hydrogens is 260 g/mol. The van der Waals surface area contributed by atoms with Crippen molar-refractivity contribution in [3.8, 4) is 0 Å². The van der Waals surface area contributed by atoms with Crippen molar-refractivity contribution in [2.24, 2.45) is 5.41 Å². The van der Waals surface area contributed by atoms with Gasteiger partial charge in [0.05, 0.1) is 16.6 Å². The molecule has 114 valence electrons. The number of nitrogens with zero attached hydrogens (tertiary/aromatic N) is 2. The number of aryl methyl sites for hydroxylation is 1. The van der Waals surface area contributed by atoms with Gasteiger partial charge in [0.2, 0.25) is 0 Å². The average Bonchev–Trinajstić information content (AvgIpc) is 2.79. The van der Waals surface area contributed by atoms with Gasteiger partial charge in [-0.3, -0.25) is 0 Å². The van der Waals surface area contributed by atoms with Gasteiger partial charge in [-0.2, -0.15) is 0 Å².